The number of nitrogens with zero attached hydrogens (tertiary/aromatic N) is 1. The molecule has 0 saturated heterocycles. The van der Waals surface area contributed by atoms with Crippen LogP contribution in [0.1, 0.15) is 26.7 Å². The Hall–Kier alpha value is -1.09. The Bertz CT molecular complexity index is 446. The number of thiazole rings is 1. The van der Waals surface area contributed by atoms with Crippen LogP contribution in [0.15, 0.2) is 23.7 Å². The number of rotatable bonds is 5. The fraction of sp³-hybridized carbons (Fsp3) is 0.462. The number of anilines is 1. The van der Waals surface area contributed by atoms with Crippen molar-refractivity contribution in [3.05, 3.63) is 23.7 Å². The van der Waals surface area contributed by atoms with Crippen molar-refractivity contribution in [2.24, 2.45) is 5.92 Å². The van der Waals surface area contributed by atoms with Gasteiger partial charge in [-0.1, -0.05) is 26.7 Å². The third kappa shape index (κ3) is 2.53. The molecular formula is C13H18N2S. The molecule has 0 saturated carbocycles. The first-order valence-corrected chi connectivity index (χ1v) is 6.78. The van der Waals surface area contributed by atoms with Gasteiger partial charge in [0.25, 0.3) is 0 Å². The van der Waals surface area contributed by atoms with Crippen LogP contribution in [0.5, 0.6) is 0 Å². The highest BCUT2D eigenvalue weighted by Crippen LogP contribution is 2.22. The predicted octanol–water partition coefficient (Wildman–Crippen LogP) is 4.14. The molecule has 0 spiro atoms. The second kappa shape index (κ2) is 5.30. The molecule has 1 heterocycles. The number of benzene rings is 1. The van der Waals surface area contributed by atoms with Gasteiger partial charge in [0.2, 0.25) is 0 Å². The predicted molar refractivity (Wildman–Crippen MR) is 72.2 cm³/mol. The van der Waals surface area contributed by atoms with E-state index in [4.69, 9.17) is 0 Å². The van der Waals surface area contributed by atoms with Crippen LogP contribution in [0.3, 0.4) is 0 Å². The zero-order valence-corrected chi connectivity index (χ0v) is 10.7. The SMILES string of the molecule is CCC(CC)CNc1ccc2ncsc2c1. The van der Waals surface area contributed by atoms with E-state index in [1.165, 1.54) is 23.2 Å². The van der Waals surface area contributed by atoms with Crippen LogP contribution < -0.4 is 5.32 Å². The second-order valence-corrected chi connectivity index (χ2v) is 4.98. The average Bonchev–Trinajstić information content (AvgIpc) is 2.77. The Morgan fingerprint density at radius 1 is 1.31 bits per heavy atom. The van der Waals surface area contributed by atoms with E-state index in [1.807, 2.05) is 5.51 Å². The van der Waals surface area contributed by atoms with Crippen LogP contribution in [0, 0.1) is 5.92 Å². The van der Waals surface area contributed by atoms with E-state index in [1.54, 1.807) is 11.3 Å². The van der Waals surface area contributed by atoms with Crippen molar-refractivity contribution in [3.63, 3.8) is 0 Å². The Morgan fingerprint density at radius 3 is 2.88 bits per heavy atom. The zero-order valence-electron chi connectivity index (χ0n) is 9.86. The lowest BCUT2D eigenvalue weighted by molar-refractivity contribution is 0.519. The second-order valence-electron chi connectivity index (χ2n) is 4.10. The monoisotopic (exact) mass is 234 g/mol. The molecule has 0 bridgehead atoms. The maximum Gasteiger partial charge on any atom is 0.0813 e. The Kier molecular flexibility index (Phi) is 3.78. The third-order valence-electron chi connectivity index (χ3n) is 3.08. The fourth-order valence-corrected chi connectivity index (χ4v) is 2.52. The molecule has 2 aromatic rings. The summed E-state index contributed by atoms with van der Waals surface area (Å²) in [5.41, 5.74) is 4.21. The van der Waals surface area contributed by atoms with E-state index in [2.05, 4.69) is 42.3 Å². The van der Waals surface area contributed by atoms with Gasteiger partial charge in [-0.05, 0) is 24.1 Å². The molecule has 1 aromatic heterocycles. The van der Waals surface area contributed by atoms with Gasteiger partial charge < -0.3 is 5.32 Å². The van der Waals surface area contributed by atoms with Crippen molar-refractivity contribution >= 4 is 27.2 Å². The van der Waals surface area contributed by atoms with Gasteiger partial charge in [-0.25, -0.2) is 4.98 Å². The summed E-state index contributed by atoms with van der Waals surface area (Å²) in [5.74, 6) is 0.775. The third-order valence-corrected chi connectivity index (χ3v) is 3.87. The molecule has 0 aliphatic carbocycles. The molecule has 0 radical (unpaired) electrons. The van der Waals surface area contributed by atoms with Gasteiger partial charge >= 0.3 is 0 Å². The Morgan fingerprint density at radius 2 is 2.12 bits per heavy atom. The van der Waals surface area contributed by atoms with Gasteiger partial charge in [0, 0.05) is 12.2 Å². The van der Waals surface area contributed by atoms with E-state index in [0.717, 1.165) is 18.0 Å². The molecule has 86 valence electrons. The smallest absolute Gasteiger partial charge is 0.0813 e. The van der Waals surface area contributed by atoms with E-state index >= 15 is 0 Å². The molecule has 0 amide bonds. The molecular weight excluding hydrogens is 216 g/mol. The Balaban J connectivity index is 2.03. The normalized spacial score (nSPS) is 11.2. The van der Waals surface area contributed by atoms with E-state index in [-0.39, 0.29) is 0 Å². The highest BCUT2D eigenvalue weighted by Gasteiger charge is 2.03. The maximum atomic E-state index is 4.28. The van der Waals surface area contributed by atoms with Crippen LogP contribution in [-0.2, 0) is 0 Å². The highest BCUT2D eigenvalue weighted by atomic mass is 32.1. The molecule has 2 rings (SSSR count). The minimum Gasteiger partial charge on any atom is -0.385 e. The first kappa shape index (κ1) is 11.4. The molecule has 16 heavy (non-hydrogen) atoms. The van der Waals surface area contributed by atoms with Crippen molar-refractivity contribution in [1.29, 1.82) is 0 Å². The molecule has 0 atom stereocenters. The van der Waals surface area contributed by atoms with Gasteiger partial charge in [0.15, 0.2) is 0 Å². The summed E-state index contributed by atoms with van der Waals surface area (Å²) in [7, 11) is 0. The molecule has 0 unspecified atom stereocenters. The lowest BCUT2D eigenvalue weighted by Gasteiger charge is -2.14. The summed E-state index contributed by atoms with van der Waals surface area (Å²) in [6.45, 7) is 5.57. The van der Waals surface area contributed by atoms with Crippen LogP contribution >= 0.6 is 11.3 Å². The van der Waals surface area contributed by atoms with E-state index < -0.39 is 0 Å². The standard InChI is InChI=1S/C13H18N2S/c1-3-10(4-2)8-14-11-5-6-12-13(7-11)16-9-15-12/h5-7,9-10,14H,3-4,8H2,1-2H3. The maximum absolute atomic E-state index is 4.28. The van der Waals surface area contributed by atoms with Gasteiger partial charge in [0.1, 0.15) is 0 Å². The summed E-state index contributed by atoms with van der Waals surface area (Å²) in [5, 5.41) is 3.51. The summed E-state index contributed by atoms with van der Waals surface area (Å²) < 4.78 is 1.26. The van der Waals surface area contributed by atoms with Crippen LogP contribution in [-0.4, -0.2) is 11.5 Å². The van der Waals surface area contributed by atoms with Gasteiger partial charge in [-0.15, -0.1) is 11.3 Å². The molecule has 1 aromatic carbocycles. The molecule has 0 fully saturated rings. The quantitative estimate of drug-likeness (QED) is 0.841. The zero-order chi connectivity index (χ0) is 11.4. The van der Waals surface area contributed by atoms with Crippen molar-refractivity contribution < 1.29 is 0 Å². The summed E-state index contributed by atoms with van der Waals surface area (Å²) in [4.78, 5) is 4.28. The Labute approximate surface area is 101 Å². The lowest BCUT2D eigenvalue weighted by Crippen LogP contribution is -2.12. The molecule has 2 nitrogen and oxygen atoms in total. The van der Waals surface area contributed by atoms with Crippen molar-refractivity contribution in [2.45, 2.75) is 26.7 Å². The van der Waals surface area contributed by atoms with Crippen LogP contribution in [0.4, 0.5) is 5.69 Å². The van der Waals surface area contributed by atoms with Gasteiger partial charge in [-0.3, -0.25) is 0 Å². The topological polar surface area (TPSA) is 24.9 Å². The number of hydrogen-bond donors (Lipinski definition) is 1. The molecule has 1 N–H and O–H groups in total. The average molecular weight is 234 g/mol. The highest BCUT2D eigenvalue weighted by molar-refractivity contribution is 7.16. The van der Waals surface area contributed by atoms with Gasteiger partial charge in [0.05, 0.1) is 15.7 Å². The fourth-order valence-electron chi connectivity index (χ4n) is 1.80. The molecule has 0 aliphatic heterocycles. The number of nitrogens with one attached hydrogen (secondary N) is 1. The molecule has 3 heteroatoms. The van der Waals surface area contributed by atoms with Crippen LogP contribution in [0.25, 0.3) is 10.2 Å². The first-order chi connectivity index (χ1) is 7.83. The first-order valence-electron chi connectivity index (χ1n) is 5.90. The van der Waals surface area contributed by atoms with Crippen LogP contribution in [0.2, 0.25) is 0 Å². The molecule has 0 aliphatic rings. The summed E-state index contributed by atoms with van der Waals surface area (Å²) in [6.07, 6.45) is 2.48. The van der Waals surface area contributed by atoms with Gasteiger partial charge in [-0.2, -0.15) is 0 Å². The number of fused-ring (bicyclic) bond motifs is 1. The van der Waals surface area contributed by atoms with E-state index in [0.29, 0.717) is 0 Å². The minimum absolute atomic E-state index is 0.775. The summed E-state index contributed by atoms with van der Waals surface area (Å²) in [6, 6.07) is 6.39. The largest absolute Gasteiger partial charge is 0.385 e. The van der Waals surface area contributed by atoms with Crippen molar-refractivity contribution in [1.82, 2.24) is 4.98 Å². The van der Waals surface area contributed by atoms with Crippen molar-refractivity contribution in [3.8, 4) is 0 Å². The van der Waals surface area contributed by atoms with E-state index in [9.17, 15) is 0 Å². The lowest BCUT2D eigenvalue weighted by atomic mass is 10.0. The number of hydrogen-bond acceptors (Lipinski definition) is 3. The van der Waals surface area contributed by atoms with Crippen molar-refractivity contribution in [2.75, 3.05) is 11.9 Å². The number of aromatic nitrogens is 1. The minimum atomic E-state index is 0.775. The summed E-state index contributed by atoms with van der Waals surface area (Å²) >= 11 is 1.70.